The molecule has 3 aliphatic rings. The molecule has 180 valence electrons. The number of hydrogen-bond donors (Lipinski definition) is 2. The number of likely N-dealkylation sites (N-methyl/N-ethyl adjacent to an activating group) is 1. The van der Waals surface area contributed by atoms with E-state index in [-0.39, 0.29) is 36.4 Å². The van der Waals surface area contributed by atoms with Crippen LogP contribution < -0.4 is 10.6 Å². The van der Waals surface area contributed by atoms with Crippen LogP contribution in [0.1, 0.15) is 38.5 Å². The second-order valence-corrected chi connectivity index (χ2v) is 9.23. The predicted molar refractivity (Wildman–Crippen MR) is 136 cm³/mol. The monoisotopic (exact) mass is 550 g/mol. The molecule has 3 rings (SSSR count). The second-order valence-electron chi connectivity index (χ2n) is 9.23. The van der Waals surface area contributed by atoms with Crippen LogP contribution >= 0.6 is 24.0 Å². The van der Waals surface area contributed by atoms with Crippen LogP contribution in [0.4, 0.5) is 0 Å². The van der Waals surface area contributed by atoms with Crippen LogP contribution in [0, 0.1) is 5.92 Å². The van der Waals surface area contributed by atoms with Crippen LogP contribution in [0.3, 0.4) is 0 Å². The maximum absolute atomic E-state index is 12.0. The van der Waals surface area contributed by atoms with E-state index >= 15 is 0 Å². The lowest BCUT2D eigenvalue weighted by atomic mass is 10.1. The molecule has 0 aromatic heterocycles. The minimum atomic E-state index is 0. The van der Waals surface area contributed by atoms with Crippen LogP contribution in [-0.4, -0.2) is 112 Å². The minimum absolute atomic E-state index is 0. The maximum Gasteiger partial charge on any atom is 0.243 e. The molecule has 0 radical (unpaired) electrons. The number of likely N-dealkylation sites (tertiary alicyclic amines) is 1. The number of carbonyl (C=O) groups excluding carboxylic acids is 1. The molecule has 0 bridgehead atoms. The van der Waals surface area contributed by atoms with Gasteiger partial charge in [0.2, 0.25) is 5.91 Å². The molecule has 31 heavy (non-hydrogen) atoms. The molecule has 0 spiro atoms. The Morgan fingerprint density at radius 2 is 1.84 bits per heavy atom. The molecular formula is C22H43IN6O2. The van der Waals surface area contributed by atoms with Gasteiger partial charge in [-0.05, 0) is 38.1 Å². The van der Waals surface area contributed by atoms with Crippen molar-refractivity contribution in [3.8, 4) is 0 Å². The van der Waals surface area contributed by atoms with E-state index in [0.717, 1.165) is 77.2 Å². The smallest absolute Gasteiger partial charge is 0.243 e. The summed E-state index contributed by atoms with van der Waals surface area (Å²) in [7, 11) is 3.55. The topological polar surface area (TPSA) is 72.4 Å². The van der Waals surface area contributed by atoms with Crippen molar-refractivity contribution in [2.75, 3.05) is 79.7 Å². The number of ether oxygens (including phenoxy) is 1. The lowest BCUT2D eigenvalue weighted by molar-refractivity contribution is -0.127. The van der Waals surface area contributed by atoms with Crippen molar-refractivity contribution in [3.05, 3.63) is 0 Å². The Hall–Kier alpha value is -0.650. The van der Waals surface area contributed by atoms with Gasteiger partial charge in [0.1, 0.15) is 6.54 Å². The molecule has 2 heterocycles. The highest BCUT2D eigenvalue weighted by Crippen LogP contribution is 2.26. The molecule has 2 N–H and O–H groups in total. The highest BCUT2D eigenvalue weighted by Gasteiger charge is 2.26. The first-order valence-corrected chi connectivity index (χ1v) is 11.9. The fourth-order valence-corrected chi connectivity index (χ4v) is 4.64. The summed E-state index contributed by atoms with van der Waals surface area (Å²) in [5, 5.41) is 7.06. The van der Waals surface area contributed by atoms with Gasteiger partial charge in [0, 0.05) is 59.4 Å². The highest BCUT2D eigenvalue weighted by molar-refractivity contribution is 14.0. The van der Waals surface area contributed by atoms with Crippen molar-refractivity contribution in [1.82, 2.24) is 25.3 Å². The number of rotatable bonds is 9. The van der Waals surface area contributed by atoms with E-state index < -0.39 is 0 Å². The predicted octanol–water partition coefficient (Wildman–Crippen LogP) is 1.21. The number of hydrogen-bond acceptors (Lipinski definition) is 5. The summed E-state index contributed by atoms with van der Waals surface area (Å²) in [6, 6.07) is 0.409. The van der Waals surface area contributed by atoms with Gasteiger partial charge in [0.05, 0.1) is 13.2 Å². The Morgan fingerprint density at radius 3 is 2.55 bits per heavy atom. The van der Waals surface area contributed by atoms with Gasteiger partial charge in [-0.25, -0.2) is 4.99 Å². The molecule has 2 aliphatic heterocycles. The lowest BCUT2D eigenvalue weighted by Gasteiger charge is -2.26. The van der Waals surface area contributed by atoms with Crippen molar-refractivity contribution in [2.24, 2.45) is 10.9 Å². The van der Waals surface area contributed by atoms with Gasteiger partial charge in [-0.1, -0.05) is 12.8 Å². The maximum atomic E-state index is 12.0. The first kappa shape index (κ1) is 26.6. The van der Waals surface area contributed by atoms with Crippen LogP contribution in [0.15, 0.2) is 4.99 Å². The zero-order chi connectivity index (χ0) is 21.2. The van der Waals surface area contributed by atoms with Crippen LogP contribution in [-0.2, 0) is 9.53 Å². The summed E-state index contributed by atoms with van der Waals surface area (Å²) >= 11 is 0. The van der Waals surface area contributed by atoms with Crippen molar-refractivity contribution in [3.63, 3.8) is 0 Å². The van der Waals surface area contributed by atoms with Crippen LogP contribution in [0.25, 0.3) is 0 Å². The molecule has 3 fully saturated rings. The van der Waals surface area contributed by atoms with E-state index in [1.54, 1.807) is 19.0 Å². The summed E-state index contributed by atoms with van der Waals surface area (Å²) < 4.78 is 5.42. The average molecular weight is 551 g/mol. The number of nitrogens with zero attached hydrogens (tertiary/aromatic N) is 4. The van der Waals surface area contributed by atoms with Gasteiger partial charge in [0.15, 0.2) is 5.96 Å². The van der Waals surface area contributed by atoms with Crippen LogP contribution in [0.5, 0.6) is 0 Å². The summed E-state index contributed by atoms with van der Waals surface area (Å²) in [5.41, 5.74) is 0. The zero-order valence-corrected chi connectivity index (χ0v) is 21.8. The molecule has 1 amide bonds. The van der Waals surface area contributed by atoms with Gasteiger partial charge >= 0.3 is 0 Å². The van der Waals surface area contributed by atoms with Gasteiger partial charge in [-0.15, -0.1) is 24.0 Å². The fraction of sp³-hybridized carbons (Fsp3) is 0.909. The molecule has 0 aromatic rings. The number of guanidine groups is 1. The lowest BCUT2D eigenvalue weighted by Crippen LogP contribution is -2.46. The Balaban J connectivity index is 0.00000341. The number of carbonyl (C=O) groups is 1. The molecule has 1 unspecified atom stereocenters. The third kappa shape index (κ3) is 9.79. The summed E-state index contributed by atoms with van der Waals surface area (Å²) in [6.45, 7) is 9.32. The Bertz CT molecular complexity index is 550. The van der Waals surface area contributed by atoms with E-state index in [2.05, 4.69) is 25.4 Å². The summed E-state index contributed by atoms with van der Waals surface area (Å²) in [5.74, 6) is 1.70. The molecule has 2 saturated heterocycles. The molecule has 0 aromatic carbocycles. The Morgan fingerprint density at radius 1 is 1.10 bits per heavy atom. The fourth-order valence-electron chi connectivity index (χ4n) is 4.64. The van der Waals surface area contributed by atoms with Gasteiger partial charge in [-0.3, -0.25) is 9.69 Å². The summed E-state index contributed by atoms with van der Waals surface area (Å²) in [6.07, 6.45) is 7.82. The molecule has 9 heteroatoms. The van der Waals surface area contributed by atoms with Crippen molar-refractivity contribution >= 4 is 35.8 Å². The number of nitrogens with one attached hydrogen (secondary N) is 2. The van der Waals surface area contributed by atoms with E-state index in [1.807, 2.05) is 0 Å². The highest BCUT2D eigenvalue weighted by atomic mass is 127. The van der Waals surface area contributed by atoms with Crippen molar-refractivity contribution in [2.45, 2.75) is 44.6 Å². The summed E-state index contributed by atoms with van der Waals surface area (Å²) in [4.78, 5) is 23.2. The Kier molecular flexibility index (Phi) is 12.4. The second kappa shape index (κ2) is 14.5. The normalized spacial score (nSPS) is 23.5. The van der Waals surface area contributed by atoms with E-state index in [1.165, 1.54) is 32.2 Å². The van der Waals surface area contributed by atoms with Crippen molar-refractivity contribution < 1.29 is 9.53 Å². The molecule has 8 nitrogen and oxygen atoms in total. The number of aliphatic imine (C=N–C) groups is 1. The standard InChI is InChI=1S/C22H42N6O2.HI/c1-26(2)21(29)16-24-22(23-9-5-10-27-12-14-30-15-13-27)25-20-8-11-28(18-20)17-19-6-3-4-7-19;/h19-20H,3-18H2,1-2H3,(H2,23,24,25);1H. The van der Waals surface area contributed by atoms with E-state index in [9.17, 15) is 4.79 Å². The van der Waals surface area contributed by atoms with Gasteiger partial charge in [0.25, 0.3) is 0 Å². The minimum Gasteiger partial charge on any atom is -0.379 e. The zero-order valence-electron chi connectivity index (χ0n) is 19.5. The first-order valence-electron chi connectivity index (χ1n) is 11.9. The van der Waals surface area contributed by atoms with Gasteiger partial charge < -0.3 is 25.2 Å². The molecule has 1 saturated carbocycles. The number of amides is 1. The van der Waals surface area contributed by atoms with Crippen LogP contribution in [0.2, 0.25) is 0 Å². The van der Waals surface area contributed by atoms with Gasteiger partial charge in [-0.2, -0.15) is 0 Å². The quantitative estimate of drug-likeness (QED) is 0.195. The molecule has 1 aliphatic carbocycles. The van der Waals surface area contributed by atoms with E-state index in [0.29, 0.717) is 6.04 Å². The van der Waals surface area contributed by atoms with E-state index in [4.69, 9.17) is 4.74 Å². The number of morpholine rings is 1. The largest absolute Gasteiger partial charge is 0.379 e. The third-order valence-corrected chi connectivity index (χ3v) is 6.52. The Labute approximate surface area is 205 Å². The SMILES string of the molecule is CN(C)C(=O)CN=C(NCCCN1CCOCC1)NC1CCN(CC2CCCC2)C1.I. The molecule has 1 atom stereocenters. The number of halogens is 1. The first-order chi connectivity index (χ1) is 14.6. The third-order valence-electron chi connectivity index (χ3n) is 6.52. The average Bonchev–Trinajstić information content (AvgIpc) is 3.42. The molecular weight excluding hydrogens is 507 g/mol. The van der Waals surface area contributed by atoms with Crippen molar-refractivity contribution in [1.29, 1.82) is 0 Å².